The second-order valence-corrected chi connectivity index (χ2v) is 10.6. The van der Waals surface area contributed by atoms with Crippen molar-refractivity contribution in [3.05, 3.63) is 58.3 Å². The van der Waals surface area contributed by atoms with E-state index in [9.17, 15) is 23.3 Å². The van der Waals surface area contributed by atoms with Crippen LogP contribution in [0.4, 0.5) is 5.82 Å². The van der Waals surface area contributed by atoms with Gasteiger partial charge in [-0.25, -0.2) is 18.2 Å². The highest BCUT2D eigenvalue weighted by Crippen LogP contribution is 2.27. The molecule has 11 heteroatoms. The summed E-state index contributed by atoms with van der Waals surface area (Å²) in [6.45, 7) is 5.92. The molecule has 0 aliphatic carbocycles. The first-order chi connectivity index (χ1) is 17.0. The number of carbonyl (C=O) groups excluding carboxylic acids is 2. The maximum absolute atomic E-state index is 12.7. The molecule has 10 nitrogen and oxygen atoms in total. The normalized spacial score (nSPS) is 14.1. The fraction of sp³-hybridized carbons (Fsp3) is 0.400. The molecule has 0 radical (unpaired) electrons. The Labute approximate surface area is 210 Å². The maximum atomic E-state index is 12.7. The number of nitriles is 2. The summed E-state index contributed by atoms with van der Waals surface area (Å²) in [5.74, 6) is -1.58. The number of sulfonamides is 1. The number of aromatic nitrogens is 1. The van der Waals surface area contributed by atoms with E-state index in [4.69, 9.17) is 10.00 Å². The van der Waals surface area contributed by atoms with E-state index in [1.54, 1.807) is 20.8 Å². The number of benzene rings is 1. The van der Waals surface area contributed by atoms with Crippen LogP contribution in [0, 0.1) is 35.5 Å². The van der Waals surface area contributed by atoms with Gasteiger partial charge >= 0.3 is 5.97 Å². The number of ether oxygens (including phenoxy) is 1. The minimum atomic E-state index is -3.90. The van der Waals surface area contributed by atoms with Gasteiger partial charge in [0.25, 0.3) is 0 Å². The summed E-state index contributed by atoms with van der Waals surface area (Å²) in [6.07, 6.45) is 0.447. The minimum Gasteiger partial charge on any atom is -0.459 e. The van der Waals surface area contributed by atoms with Gasteiger partial charge in [-0.15, -0.1) is 0 Å². The number of piperidine rings is 1. The summed E-state index contributed by atoms with van der Waals surface area (Å²) in [4.78, 5) is 31.3. The summed E-state index contributed by atoms with van der Waals surface area (Å²) in [7, 11) is -3.90. The average Bonchev–Trinajstić information content (AvgIpc) is 2.83. The van der Waals surface area contributed by atoms with E-state index in [1.165, 1.54) is 30.3 Å². The van der Waals surface area contributed by atoms with Crippen LogP contribution in [-0.4, -0.2) is 44.5 Å². The van der Waals surface area contributed by atoms with Gasteiger partial charge in [0.1, 0.15) is 11.9 Å². The number of amides is 1. The molecule has 0 saturated carbocycles. The Balaban J connectivity index is 1.64. The molecule has 1 fully saturated rings. The van der Waals surface area contributed by atoms with Gasteiger partial charge in [0.15, 0.2) is 0 Å². The first kappa shape index (κ1) is 26.6. The van der Waals surface area contributed by atoms with Crippen LogP contribution < -0.4 is 9.62 Å². The van der Waals surface area contributed by atoms with E-state index < -0.39 is 27.8 Å². The average molecular weight is 510 g/mol. The summed E-state index contributed by atoms with van der Waals surface area (Å²) in [5, 5.41) is 18.5. The second kappa shape index (κ2) is 11.2. The number of aryl methyl sites for hydroxylation is 1. The highest BCUT2D eigenvalue weighted by Gasteiger charge is 2.30. The van der Waals surface area contributed by atoms with E-state index in [2.05, 4.69) is 15.8 Å². The highest BCUT2D eigenvalue weighted by molar-refractivity contribution is 7.89. The quantitative estimate of drug-likeness (QED) is 0.555. The Morgan fingerprint density at radius 1 is 1.17 bits per heavy atom. The zero-order chi connectivity index (χ0) is 26.5. The van der Waals surface area contributed by atoms with Crippen LogP contribution in [0.1, 0.15) is 59.4 Å². The highest BCUT2D eigenvalue weighted by atomic mass is 32.2. The molecule has 0 atom stereocenters. The van der Waals surface area contributed by atoms with E-state index in [0.29, 0.717) is 48.6 Å². The molecule has 188 valence electrons. The third kappa shape index (κ3) is 6.58. The monoisotopic (exact) mass is 509 g/mol. The van der Waals surface area contributed by atoms with Crippen molar-refractivity contribution in [2.45, 2.75) is 45.5 Å². The molecule has 1 aliphatic heterocycles. The molecule has 1 N–H and O–H groups in total. The predicted octanol–water partition coefficient (Wildman–Crippen LogP) is 2.56. The zero-order valence-corrected chi connectivity index (χ0v) is 21.1. The van der Waals surface area contributed by atoms with Crippen LogP contribution in [0.5, 0.6) is 0 Å². The second-order valence-electron chi connectivity index (χ2n) is 8.85. The predicted molar refractivity (Wildman–Crippen MR) is 131 cm³/mol. The third-order valence-electron chi connectivity index (χ3n) is 5.74. The van der Waals surface area contributed by atoms with E-state index in [1.807, 2.05) is 11.0 Å². The Hall–Kier alpha value is -3.96. The van der Waals surface area contributed by atoms with Crippen LogP contribution in [0.3, 0.4) is 0 Å². The number of carbonyl (C=O) groups is 2. The van der Waals surface area contributed by atoms with Gasteiger partial charge in [-0.1, -0.05) is 12.1 Å². The van der Waals surface area contributed by atoms with Gasteiger partial charge in [0.05, 0.1) is 40.3 Å². The SMILES string of the molecule is Cc1nc(N2CCC(C(=O)NS(=O)(=O)Cc3ccc(C#N)cc3)CC2)c(C#N)cc1C(=O)OC(C)C. The van der Waals surface area contributed by atoms with Crippen molar-refractivity contribution >= 4 is 27.7 Å². The molecule has 1 aromatic carbocycles. The first-order valence-corrected chi connectivity index (χ1v) is 13.1. The van der Waals surface area contributed by atoms with Crippen molar-refractivity contribution in [1.82, 2.24) is 9.71 Å². The zero-order valence-electron chi connectivity index (χ0n) is 20.3. The lowest BCUT2D eigenvalue weighted by Crippen LogP contribution is -2.43. The standard InChI is InChI=1S/C25H27N5O5S/c1-16(2)35-25(32)22-12-21(14-27)23(28-17(22)3)30-10-8-20(9-11-30)24(31)29-36(33,34)15-19-6-4-18(13-26)5-7-19/h4-7,12,16,20H,8-11,15H2,1-3H3,(H,29,31). The van der Waals surface area contributed by atoms with Crippen LogP contribution in [-0.2, 0) is 25.3 Å². The number of hydrogen-bond acceptors (Lipinski definition) is 9. The molecular formula is C25H27N5O5S. The van der Waals surface area contributed by atoms with Crippen molar-refractivity contribution in [3.8, 4) is 12.1 Å². The van der Waals surface area contributed by atoms with Gasteiger partial charge < -0.3 is 9.64 Å². The number of anilines is 1. The van der Waals surface area contributed by atoms with Crippen LogP contribution in [0.25, 0.3) is 0 Å². The van der Waals surface area contributed by atoms with E-state index >= 15 is 0 Å². The molecule has 1 amide bonds. The Morgan fingerprint density at radius 2 is 1.81 bits per heavy atom. The van der Waals surface area contributed by atoms with Crippen LogP contribution in [0.2, 0.25) is 0 Å². The summed E-state index contributed by atoms with van der Waals surface area (Å²) in [5.41, 5.74) is 1.77. The largest absolute Gasteiger partial charge is 0.459 e. The smallest absolute Gasteiger partial charge is 0.340 e. The lowest BCUT2D eigenvalue weighted by molar-refractivity contribution is -0.123. The maximum Gasteiger partial charge on any atom is 0.340 e. The Bertz CT molecular complexity index is 1330. The minimum absolute atomic E-state index is 0.226. The molecule has 1 aliphatic rings. The van der Waals surface area contributed by atoms with Gasteiger partial charge in [0.2, 0.25) is 15.9 Å². The van der Waals surface area contributed by atoms with Crippen molar-refractivity contribution in [1.29, 1.82) is 10.5 Å². The molecule has 0 bridgehead atoms. The molecule has 3 rings (SSSR count). The van der Waals surface area contributed by atoms with E-state index in [0.717, 1.165) is 0 Å². The van der Waals surface area contributed by atoms with E-state index in [-0.39, 0.29) is 23.0 Å². The summed E-state index contributed by atoms with van der Waals surface area (Å²) < 4.78 is 32.3. The summed E-state index contributed by atoms with van der Waals surface area (Å²) >= 11 is 0. The fourth-order valence-corrected chi connectivity index (χ4v) is 5.10. The van der Waals surface area contributed by atoms with Gasteiger partial charge in [0, 0.05) is 19.0 Å². The van der Waals surface area contributed by atoms with Gasteiger partial charge in [-0.2, -0.15) is 10.5 Å². The number of pyridine rings is 1. The molecule has 1 saturated heterocycles. The number of esters is 1. The van der Waals surface area contributed by atoms with Crippen LogP contribution in [0.15, 0.2) is 30.3 Å². The molecule has 36 heavy (non-hydrogen) atoms. The van der Waals surface area contributed by atoms with Crippen molar-refractivity contribution in [2.24, 2.45) is 5.92 Å². The lowest BCUT2D eigenvalue weighted by Gasteiger charge is -2.32. The number of rotatable bonds is 7. The first-order valence-electron chi connectivity index (χ1n) is 11.4. The number of hydrogen-bond donors (Lipinski definition) is 1. The van der Waals surface area contributed by atoms with Gasteiger partial charge in [-0.3, -0.25) is 9.52 Å². The van der Waals surface area contributed by atoms with Crippen molar-refractivity contribution in [3.63, 3.8) is 0 Å². The Morgan fingerprint density at radius 3 is 2.36 bits per heavy atom. The van der Waals surface area contributed by atoms with Crippen molar-refractivity contribution in [2.75, 3.05) is 18.0 Å². The van der Waals surface area contributed by atoms with Gasteiger partial charge in [-0.05, 0) is 57.4 Å². The molecule has 0 spiro atoms. The topological polar surface area (TPSA) is 153 Å². The molecule has 1 aromatic heterocycles. The third-order valence-corrected chi connectivity index (χ3v) is 6.96. The Kier molecular flexibility index (Phi) is 8.28. The fourth-order valence-electron chi connectivity index (χ4n) is 3.92. The van der Waals surface area contributed by atoms with Crippen molar-refractivity contribution < 1.29 is 22.7 Å². The summed E-state index contributed by atoms with van der Waals surface area (Å²) in [6, 6.07) is 11.6. The molecular weight excluding hydrogens is 482 g/mol. The van der Waals surface area contributed by atoms with Crippen LogP contribution >= 0.6 is 0 Å². The molecule has 2 heterocycles. The molecule has 0 unspecified atom stereocenters. The lowest BCUT2D eigenvalue weighted by atomic mass is 9.96. The molecule has 2 aromatic rings. The number of nitrogens with one attached hydrogen (secondary N) is 1. The number of nitrogens with zero attached hydrogens (tertiary/aromatic N) is 4.